The molecule has 0 aromatic heterocycles. The number of hydrogen-bond donors (Lipinski definition) is 2. The van der Waals surface area contributed by atoms with Gasteiger partial charge in [0.1, 0.15) is 11.4 Å². The van der Waals surface area contributed by atoms with Gasteiger partial charge < -0.3 is 25.0 Å². The van der Waals surface area contributed by atoms with Gasteiger partial charge in [-0.15, -0.1) is 0 Å². The fourth-order valence-corrected chi connectivity index (χ4v) is 3.15. The summed E-state index contributed by atoms with van der Waals surface area (Å²) in [5.41, 5.74) is 0.174. The van der Waals surface area contributed by atoms with Crippen LogP contribution in [0.5, 0.6) is 5.75 Å². The second-order valence-electron chi connectivity index (χ2n) is 8.43. The zero-order chi connectivity index (χ0) is 22.1. The molecule has 0 saturated carbocycles. The Morgan fingerprint density at radius 2 is 1.70 bits per heavy atom. The fraction of sp³-hybridized carbons (Fsp3) is 0.591. The van der Waals surface area contributed by atoms with Gasteiger partial charge in [0.25, 0.3) is 5.91 Å². The number of likely N-dealkylation sites (tertiary alicyclic amines) is 1. The lowest BCUT2D eigenvalue weighted by Gasteiger charge is -2.33. The van der Waals surface area contributed by atoms with Gasteiger partial charge in [-0.05, 0) is 70.7 Å². The molecule has 1 aromatic rings. The van der Waals surface area contributed by atoms with Crippen molar-refractivity contribution in [2.45, 2.75) is 52.6 Å². The minimum Gasteiger partial charge on any atom is -0.484 e. The SMILES string of the molecule is CCNC(=O)COc1ccc(NC(=O)CC2CCN(C(=O)OC(C)(C)C)CC2)cc1. The molecule has 166 valence electrons. The van der Waals surface area contributed by atoms with Crippen LogP contribution < -0.4 is 15.4 Å². The Bertz CT molecular complexity index is 719. The molecule has 1 saturated heterocycles. The summed E-state index contributed by atoms with van der Waals surface area (Å²) in [6.07, 6.45) is 1.68. The normalized spacial score (nSPS) is 14.7. The molecule has 0 atom stereocenters. The van der Waals surface area contributed by atoms with E-state index in [-0.39, 0.29) is 30.4 Å². The third-order valence-corrected chi connectivity index (χ3v) is 4.62. The monoisotopic (exact) mass is 419 g/mol. The van der Waals surface area contributed by atoms with Crippen molar-refractivity contribution in [2.75, 3.05) is 31.6 Å². The lowest BCUT2D eigenvalue weighted by Crippen LogP contribution is -2.42. The van der Waals surface area contributed by atoms with E-state index < -0.39 is 5.60 Å². The first kappa shape index (κ1) is 23.5. The summed E-state index contributed by atoms with van der Waals surface area (Å²) < 4.78 is 10.8. The number of rotatable bonds is 7. The highest BCUT2D eigenvalue weighted by atomic mass is 16.6. The number of hydrogen-bond acceptors (Lipinski definition) is 5. The molecule has 2 N–H and O–H groups in total. The standard InChI is InChI=1S/C22H33N3O5/c1-5-23-20(27)15-29-18-8-6-17(7-9-18)24-19(26)14-16-10-12-25(13-11-16)21(28)30-22(2,3)4/h6-9,16H,5,10-15H2,1-4H3,(H,23,27)(H,24,26). The van der Waals surface area contributed by atoms with Crippen LogP contribution in [-0.4, -0.2) is 54.6 Å². The number of benzene rings is 1. The molecule has 1 fully saturated rings. The smallest absolute Gasteiger partial charge is 0.410 e. The summed E-state index contributed by atoms with van der Waals surface area (Å²) in [6, 6.07) is 6.93. The molecule has 0 bridgehead atoms. The average molecular weight is 420 g/mol. The van der Waals surface area contributed by atoms with Crippen molar-refractivity contribution in [3.63, 3.8) is 0 Å². The Morgan fingerprint density at radius 3 is 2.27 bits per heavy atom. The van der Waals surface area contributed by atoms with E-state index in [1.807, 2.05) is 27.7 Å². The van der Waals surface area contributed by atoms with Crippen LogP contribution in [0.3, 0.4) is 0 Å². The molecule has 1 aliphatic rings. The molecule has 0 unspecified atom stereocenters. The van der Waals surface area contributed by atoms with E-state index in [0.717, 1.165) is 12.8 Å². The van der Waals surface area contributed by atoms with E-state index in [4.69, 9.17) is 9.47 Å². The number of nitrogens with one attached hydrogen (secondary N) is 2. The van der Waals surface area contributed by atoms with Crippen molar-refractivity contribution < 1.29 is 23.9 Å². The minimum absolute atomic E-state index is 0.0401. The number of amides is 3. The molecular weight excluding hydrogens is 386 g/mol. The maximum atomic E-state index is 12.4. The van der Waals surface area contributed by atoms with Gasteiger partial charge in [0, 0.05) is 31.7 Å². The van der Waals surface area contributed by atoms with Crippen LogP contribution in [0.15, 0.2) is 24.3 Å². The first-order valence-electron chi connectivity index (χ1n) is 10.4. The quantitative estimate of drug-likeness (QED) is 0.708. The van der Waals surface area contributed by atoms with Crippen molar-refractivity contribution >= 4 is 23.6 Å². The molecule has 0 spiro atoms. The van der Waals surface area contributed by atoms with Crippen molar-refractivity contribution in [3.05, 3.63) is 24.3 Å². The molecule has 1 heterocycles. The number of nitrogens with zero attached hydrogens (tertiary/aromatic N) is 1. The Hall–Kier alpha value is -2.77. The largest absolute Gasteiger partial charge is 0.484 e. The number of ether oxygens (including phenoxy) is 2. The topological polar surface area (TPSA) is 97.0 Å². The van der Waals surface area contributed by atoms with Gasteiger partial charge in [-0.2, -0.15) is 0 Å². The number of piperidine rings is 1. The minimum atomic E-state index is -0.504. The summed E-state index contributed by atoms with van der Waals surface area (Å²) in [5, 5.41) is 5.55. The molecule has 0 aliphatic carbocycles. The third kappa shape index (κ3) is 8.31. The molecule has 30 heavy (non-hydrogen) atoms. The number of carbonyl (C=O) groups excluding carboxylic acids is 3. The predicted molar refractivity (Wildman–Crippen MR) is 114 cm³/mol. The second kappa shape index (κ2) is 10.8. The predicted octanol–water partition coefficient (Wildman–Crippen LogP) is 3.18. The molecule has 3 amide bonds. The molecular formula is C22H33N3O5. The number of carbonyl (C=O) groups is 3. The van der Waals surface area contributed by atoms with E-state index in [0.29, 0.717) is 37.5 Å². The van der Waals surface area contributed by atoms with Crippen molar-refractivity contribution in [1.82, 2.24) is 10.2 Å². The maximum Gasteiger partial charge on any atom is 0.410 e. The highest BCUT2D eigenvalue weighted by Crippen LogP contribution is 2.23. The average Bonchev–Trinajstić information content (AvgIpc) is 2.67. The van der Waals surface area contributed by atoms with Gasteiger partial charge in [-0.3, -0.25) is 9.59 Å². The van der Waals surface area contributed by atoms with Gasteiger partial charge in [-0.25, -0.2) is 4.79 Å². The van der Waals surface area contributed by atoms with Crippen LogP contribution in [0, 0.1) is 5.92 Å². The van der Waals surface area contributed by atoms with Gasteiger partial charge in [-0.1, -0.05) is 0 Å². The molecule has 0 radical (unpaired) electrons. The maximum absolute atomic E-state index is 12.4. The van der Waals surface area contributed by atoms with Crippen LogP contribution in [0.25, 0.3) is 0 Å². The summed E-state index contributed by atoms with van der Waals surface area (Å²) in [5.74, 6) is 0.575. The summed E-state index contributed by atoms with van der Waals surface area (Å²) in [4.78, 5) is 37.6. The molecule has 1 aromatic carbocycles. The van der Waals surface area contributed by atoms with E-state index in [1.165, 1.54) is 0 Å². The zero-order valence-corrected chi connectivity index (χ0v) is 18.3. The Kier molecular flexibility index (Phi) is 8.50. The second-order valence-corrected chi connectivity index (χ2v) is 8.43. The molecule has 8 heteroatoms. The lowest BCUT2D eigenvalue weighted by molar-refractivity contribution is -0.123. The van der Waals surface area contributed by atoms with E-state index in [1.54, 1.807) is 29.2 Å². The zero-order valence-electron chi connectivity index (χ0n) is 18.3. The van der Waals surface area contributed by atoms with Crippen molar-refractivity contribution in [2.24, 2.45) is 5.92 Å². The number of anilines is 1. The van der Waals surface area contributed by atoms with Gasteiger partial charge in [0.2, 0.25) is 5.91 Å². The summed E-state index contributed by atoms with van der Waals surface area (Å²) in [7, 11) is 0. The van der Waals surface area contributed by atoms with Gasteiger partial charge >= 0.3 is 6.09 Å². The van der Waals surface area contributed by atoms with Gasteiger partial charge in [0.15, 0.2) is 6.61 Å². The third-order valence-electron chi connectivity index (χ3n) is 4.62. The van der Waals surface area contributed by atoms with Crippen LogP contribution in [0.1, 0.15) is 47.0 Å². The van der Waals surface area contributed by atoms with Gasteiger partial charge in [0.05, 0.1) is 0 Å². The molecule has 8 nitrogen and oxygen atoms in total. The first-order chi connectivity index (χ1) is 14.2. The first-order valence-corrected chi connectivity index (χ1v) is 10.4. The van der Waals surface area contributed by atoms with Crippen molar-refractivity contribution in [3.8, 4) is 5.75 Å². The van der Waals surface area contributed by atoms with Crippen LogP contribution >= 0.6 is 0 Å². The van der Waals surface area contributed by atoms with Crippen LogP contribution in [0.2, 0.25) is 0 Å². The van der Waals surface area contributed by atoms with E-state index in [9.17, 15) is 14.4 Å². The Labute approximate surface area is 178 Å². The Balaban J connectivity index is 1.72. The van der Waals surface area contributed by atoms with Crippen molar-refractivity contribution in [1.29, 1.82) is 0 Å². The fourth-order valence-electron chi connectivity index (χ4n) is 3.15. The molecule has 2 rings (SSSR count). The number of likely N-dealkylation sites (N-methyl/N-ethyl adjacent to an activating group) is 1. The Morgan fingerprint density at radius 1 is 1.07 bits per heavy atom. The molecule has 1 aliphatic heterocycles. The summed E-state index contributed by atoms with van der Waals surface area (Å²) in [6.45, 7) is 9.13. The van der Waals surface area contributed by atoms with Crippen LogP contribution in [-0.2, 0) is 14.3 Å². The van der Waals surface area contributed by atoms with Crippen LogP contribution in [0.4, 0.5) is 10.5 Å². The highest BCUT2D eigenvalue weighted by molar-refractivity contribution is 5.90. The highest BCUT2D eigenvalue weighted by Gasteiger charge is 2.27. The lowest BCUT2D eigenvalue weighted by atomic mass is 9.93. The van der Waals surface area contributed by atoms with E-state index >= 15 is 0 Å². The van der Waals surface area contributed by atoms with E-state index in [2.05, 4.69) is 10.6 Å². The summed E-state index contributed by atoms with van der Waals surface area (Å²) >= 11 is 0.